The largest absolute Gasteiger partial charge is 0.375 e. The van der Waals surface area contributed by atoms with Gasteiger partial charge < -0.3 is 4.74 Å². The summed E-state index contributed by atoms with van der Waals surface area (Å²) in [6.07, 6.45) is 2.55. The molecule has 0 aliphatic heterocycles. The standard InChI is InChI=1S/C12H18N2O/c1-3-7-11(14-13)12(15-2)10-8-5-4-6-9-10/h3-6,8-9,11-12,14H,1,7,13H2,2H3. The topological polar surface area (TPSA) is 47.3 Å². The lowest BCUT2D eigenvalue weighted by atomic mass is 10.0. The summed E-state index contributed by atoms with van der Waals surface area (Å²) in [6.45, 7) is 3.71. The molecule has 2 atom stereocenters. The average molecular weight is 206 g/mol. The first-order chi connectivity index (χ1) is 7.33. The van der Waals surface area contributed by atoms with Crippen molar-refractivity contribution in [1.82, 2.24) is 5.43 Å². The van der Waals surface area contributed by atoms with Crippen LogP contribution in [0.3, 0.4) is 0 Å². The summed E-state index contributed by atoms with van der Waals surface area (Å²) in [4.78, 5) is 0. The number of benzene rings is 1. The van der Waals surface area contributed by atoms with E-state index in [9.17, 15) is 0 Å². The highest BCUT2D eigenvalue weighted by atomic mass is 16.5. The second-order valence-corrected chi connectivity index (χ2v) is 3.36. The van der Waals surface area contributed by atoms with Crippen LogP contribution in [-0.4, -0.2) is 13.2 Å². The van der Waals surface area contributed by atoms with E-state index in [1.165, 1.54) is 0 Å². The van der Waals surface area contributed by atoms with Crippen LogP contribution in [-0.2, 0) is 4.74 Å². The van der Waals surface area contributed by atoms with Crippen molar-refractivity contribution >= 4 is 0 Å². The maximum absolute atomic E-state index is 5.49. The van der Waals surface area contributed by atoms with Gasteiger partial charge in [-0.25, -0.2) is 0 Å². The fourth-order valence-electron chi connectivity index (χ4n) is 1.63. The van der Waals surface area contributed by atoms with Crippen molar-refractivity contribution in [3.05, 3.63) is 48.6 Å². The van der Waals surface area contributed by atoms with Gasteiger partial charge in [0, 0.05) is 7.11 Å². The minimum absolute atomic E-state index is 0.0470. The van der Waals surface area contributed by atoms with Gasteiger partial charge in [-0.3, -0.25) is 11.3 Å². The van der Waals surface area contributed by atoms with Crippen molar-refractivity contribution < 1.29 is 4.74 Å². The molecule has 3 N–H and O–H groups in total. The Kier molecular flexibility index (Phi) is 5.04. The number of ether oxygens (including phenoxy) is 1. The van der Waals surface area contributed by atoms with Crippen LogP contribution in [0.1, 0.15) is 18.1 Å². The smallest absolute Gasteiger partial charge is 0.0990 e. The van der Waals surface area contributed by atoms with E-state index in [1.54, 1.807) is 7.11 Å². The molecule has 0 heterocycles. The highest BCUT2D eigenvalue weighted by molar-refractivity contribution is 5.19. The molecule has 2 unspecified atom stereocenters. The maximum Gasteiger partial charge on any atom is 0.0990 e. The van der Waals surface area contributed by atoms with Gasteiger partial charge in [-0.1, -0.05) is 36.4 Å². The zero-order chi connectivity index (χ0) is 11.1. The fourth-order valence-corrected chi connectivity index (χ4v) is 1.63. The Bertz CT molecular complexity index is 287. The molecule has 0 bridgehead atoms. The van der Waals surface area contributed by atoms with E-state index >= 15 is 0 Å². The summed E-state index contributed by atoms with van der Waals surface area (Å²) in [5, 5.41) is 0. The molecular weight excluding hydrogens is 188 g/mol. The Hall–Kier alpha value is -1.16. The molecule has 1 aromatic rings. The van der Waals surface area contributed by atoms with E-state index in [4.69, 9.17) is 10.6 Å². The first-order valence-electron chi connectivity index (χ1n) is 4.98. The quantitative estimate of drug-likeness (QED) is 0.424. The second-order valence-electron chi connectivity index (χ2n) is 3.36. The van der Waals surface area contributed by atoms with Gasteiger partial charge in [0.1, 0.15) is 0 Å². The van der Waals surface area contributed by atoms with Gasteiger partial charge in [0.15, 0.2) is 0 Å². The van der Waals surface area contributed by atoms with E-state index in [-0.39, 0.29) is 12.1 Å². The van der Waals surface area contributed by atoms with Crippen molar-refractivity contribution in [1.29, 1.82) is 0 Å². The van der Waals surface area contributed by atoms with Crippen molar-refractivity contribution in [2.24, 2.45) is 5.84 Å². The average Bonchev–Trinajstić information content (AvgIpc) is 2.30. The normalized spacial score (nSPS) is 14.5. The molecule has 0 aromatic heterocycles. The van der Waals surface area contributed by atoms with Crippen molar-refractivity contribution in [2.75, 3.05) is 7.11 Å². The molecule has 1 rings (SSSR count). The molecule has 0 aliphatic rings. The highest BCUT2D eigenvalue weighted by Gasteiger charge is 2.20. The monoisotopic (exact) mass is 206 g/mol. The first-order valence-corrected chi connectivity index (χ1v) is 4.98. The van der Waals surface area contributed by atoms with Crippen LogP contribution in [0.2, 0.25) is 0 Å². The Morgan fingerprint density at radius 1 is 1.47 bits per heavy atom. The fraction of sp³-hybridized carbons (Fsp3) is 0.333. The molecule has 1 aromatic carbocycles. The van der Waals surface area contributed by atoms with Crippen LogP contribution < -0.4 is 11.3 Å². The number of hydrazine groups is 1. The number of nitrogens with two attached hydrogens (primary N) is 1. The predicted molar refractivity (Wildman–Crippen MR) is 62.1 cm³/mol. The van der Waals surface area contributed by atoms with E-state index in [0.29, 0.717) is 0 Å². The Labute approximate surface area is 90.9 Å². The molecule has 0 spiro atoms. The highest BCUT2D eigenvalue weighted by Crippen LogP contribution is 2.21. The summed E-state index contributed by atoms with van der Waals surface area (Å²) in [5.41, 5.74) is 3.87. The summed E-state index contributed by atoms with van der Waals surface area (Å²) < 4.78 is 5.45. The molecule has 0 amide bonds. The molecule has 3 nitrogen and oxygen atoms in total. The van der Waals surface area contributed by atoms with Crippen molar-refractivity contribution in [3.63, 3.8) is 0 Å². The van der Waals surface area contributed by atoms with Crippen LogP contribution in [0.5, 0.6) is 0 Å². The van der Waals surface area contributed by atoms with E-state index in [0.717, 1.165) is 12.0 Å². The lowest BCUT2D eigenvalue weighted by Gasteiger charge is -2.24. The van der Waals surface area contributed by atoms with Crippen molar-refractivity contribution in [3.8, 4) is 0 Å². The summed E-state index contributed by atoms with van der Waals surface area (Å²) in [6, 6.07) is 10.1. The van der Waals surface area contributed by atoms with E-state index in [1.807, 2.05) is 36.4 Å². The molecule has 0 saturated carbocycles. The van der Waals surface area contributed by atoms with Crippen molar-refractivity contribution in [2.45, 2.75) is 18.6 Å². The molecule has 0 fully saturated rings. The number of rotatable bonds is 6. The molecule has 0 radical (unpaired) electrons. The van der Waals surface area contributed by atoms with E-state index < -0.39 is 0 Å². The van der Waals surface area contributed by atoms with Crippen LogP contribution in [0.25, 0.3) is 0 Å². The van der Waals surface area contributed by atoms with Crippen LogP contribution >= 0.6 is 0 Å². The second kappa shape index (κ2) is 6.35. The molecular formula is C12H18N2O. The number of methoxy groups -OCH3 is 1. The minimum atomic E-state index is -0.0470. The molecule has 0 saturated heterocycles. The summed E-state index contributed by atoms with van der Waals surface area (Å²) in [7, 11) is 1.69. The predicted octanol–water partition coefficient (Wildman–Crippen LogP) is 1.78. The third-order valence-electron chi connectivity index (χ3n) is 2.38. The SMILES string of the molecule is C=CCC(NN)C(OC)c1ccccc1. The van der Waals surface area contributed by atoms with Crippen LogP contribution in [0, 0.1) is 0 Å². The zero-order valence-electron chi connectivity index (χ0n) is 9.02. The molecule has 15 heavy (non-hydrogen) atoms. The zero-order valence-corrected chi connectivity index (χ0v) is 9.02. The molecule has 0 aliphatic carbocycles. The van der Waals surface area contributed by atoms with E-state index in [2.05, 4.69) is 12.0 Å². The molecule has 3 heteroatoms. The maximum atomic E-state index is 5.49. The summed E-state index contributed by atoms with van der Waals surface area (Å²) >= 11 is 0. The Balaban J connectivity index is 2.82. The van der Waals surface area contributed by atoms with Gasteiger partial charge in [0.25, 0.3) is 0 Å². The van der Waals surface area contributed by atoms with Gasteiger partial charge in [-0.05, 0) is 12.0 Å². The first kappa shape index (κ1) is 11.9. The lowest BCUT2D eigenvalue weighted by molar-refractivity contribution is 0.0687. The third kappa shape index (κ3) is 3.16. The third-order valence-corrected chi connectivity index (χ3v) is 2.38. The van der Waals surface area contributed by atoms with Gasteiger partial charge >= 0.3 is 0 Å². The number of hydrogen-bond acceptors (Lipinski definition) is 3. The minimum Gasteiger partial charge on any atom is -0.375 e. The molecule has 82 valence electrons. The van der Waals surface area contributed by atoms with Gasteiger partial charge in [-0.2, -0.15) is 0 Å². The van der Waals surface area contributed by atoms with Gasteiger partial charge in [-0.15, -0.1) is 6.58 Å². The summed E-state index contributed by atoms with van der Waals surface area (Å²) in [5.74, 6) is 5.49. The van der Waals surface area contributed by atoms with Gasteiger partial charge in [0.05, 0.1) is 12.1 Å². The van der Waals surface area contributed by atoms with Gasteiger partial charge in [0.2, 0.25) is 0 Å². The number of hydrogen-bond donors (Lipinski definition) is 2. The lowest BCUT2D eigenvalue weighted by Crippen LogP contribution is -2.40. The van der Waals surface area contributed by atoms with Crippen LogP contribution in [0.15, 0.2) is 43.0 Å². The Morgan fingerprint density at radius 3 is 2.60 bits per heavy atom. The Morgan fingerprint density at radius 2 is 2.13 bits per heavy atom. The van der Waals surface area contributed by atoms with Crippen LogP contribution in [0.4, 0.5) is 0 Å². The number of nitrogens with one attached hydrogen (secondary N) is 1.